The van der Waals surface area contributed by atoms with E-state index in [9.17, 15) is 0 Å². The number of nitrogens with zero attached hydrogens (tertiary/aromatic N) is 2. The number of halogens is 1. The fourth-order valence-electron chi connectivity index (χ4n) is 2.86. The quantitative estimate of drug-likeness (QED) is 0.411. The van der Waals surface area contributed by atoms with Crippen LogP contribution in [0.2, 0.25) is 0 Å². The second-order valence-electron chi connectivity index (χ2n) is 5.96. The lowest BCUT2D eigenvalue weighted by Crippen LogP contribution is -2.42. The molecule has 1 saturated heterocycles. The summed E-state index contributed by atoms with van der Waals surface area (Å²) in [6.45, 7) is 12.1. The molecule has 0 amide bonds. The van der Waals surface area contributed by atoms with Crippen molar-refractivity contribution >= 4 is 29.9 Å². The Hall–Kier alpha value is -0.760. The number of aliphatic imine (C=N–C) groups is 1. The molecule has 5 nitrogen and oxygen atoms in total. The van der Waals surface area contributed by atoms with Gasteiger partial charge in [0.25, 0.3) is 0 Å². The van der Waals surface area contributed by atoms with Crippen LogP contribution in [0.5, 0.6) is 0 Å². The number of aryl methyl sites for hydroxylation is 2. The monoisotopic (exact) mass is 434 g/mol. The van der Waals surface area contributed by atoms with E-state index in [2.05, 4.69) is 33.5 Å². The average Bonchev–Trinajstić information content (AvgIpc) is 2.84. The summed E-state index contributed by atoms with van der Waals surface area (Å²) in [6, 6.07) is 2.07. The lowest BCUT2D eigenvalue weighted by molar-refractivity contribution is 0.232. The lowest BCUT2D eigenvalue weighted by atomic mass is 10.1. The molecule has 0 spiro atoms. The highest BCUT2D eigenvalue weighted by Gasteiger charge is 2.09. The zero-order valence-corrected chi connectivity index (χ0v) is 17.0. The van der Waals surface area contributed by atoms with E-state index in [1.54, 1.807) is 0 Å². The van der Waals surface area contributed by atoms with Crippen molar-refractivity contribution in [1.29, 1.82) is 0 Å². The maximum Gasteiger partial charge on any atom is 0.191 e. The second kappa shape index (κ2) is 10.9. The predicted octanol–water partition coefficient (Wildman–Crippen LogP) is 3.06. The summed E-state index contributed by atoms with van der Waals surface area (Å²) < 4.78 is 5.55. The molecule has 0 atom stereocenters. The van der Waals surface area contributed by atoms with E-state index in [1.807, 2.05) is 13.8 Å². The summed E-state index contributed by atoms with van der Waals surface area (Å²) in [5.41, 5.74) is 1.16. The molecule has 0 unspecified atom stereocenters. The number of hydrogen-bond acceptors (Lipinski definition) is 3. The normalized spacial score (nSPS) is 16.0. The molecule has 1 aliphatic heterocycles. The summed E-state index contributed by atoms with van der Waals surface area (Å²) in [7, 11) is 0. The van der Waals surface area contributed by atoms with Crippen molar-refractivity contribution in [3.63, 3.8) is 0 Å². The first kappa shape index (κ1) is 20.3. The number of rotatable bonds is 6. The van der Waals surface area contributed by atoms with Gasteiger partial charge in [0.15, 0.2) is 5.96 Å². The van der Waals surface area contributed by atoms with E-state index in [-0.39, 0.29) is 24.0 Å². The lowest BCUT2D eigenvalue weighted by Gasteiger charge is -2.26. The van der Waals surface area contributed by atoms with Crippen LogP contribution in [0.15, 0.2) is 15.5 Å². The van der Waals surface area contributed by atoms with Gasteiger partial charge in [0.2, 0.25) is 0 Å². The van der Waals surface area contributed by atoms with Gasteiger partial charge < -0.3 is 20.0 Å². The standard InChI is InChI=1S/C17H30N4O.HI/c1-4-18-17(19-8-11-21-9-6-5-7-10-21)20-13-16-12-14(2)22-15(16)3;/h12H,4-11,13H2,1-3H3,(H2,18,19,20);1H. The number of furan rings is 1. The molecule has 0 radical (unpaired) electrons. The summed E-state index contributed by atoms with van der Waals surface area (Å²) in [5.74, 6) is 2.80. The van der Waals surface area contributed by atoms with Crippen molar-refractivity contribution in [2.24, 2.45) is 4.99 Å². The predicted molar refractivity (Wildman–Crippen MR) is 107 cm³/mol. The zero-order valence-electron chi connectivity index (χ0n) is 14.7. The molecule has 2 rings (SSSR count). The molecule has 132 valence electrons. The SMILES string of the molecule is CCNC(=NCc1cc(C)oc1C)NCCN1CCCCC1.I. The molecular formula is C17H31IN4O. The highest BCUT2D eigenvalue weighted by atomic mass is 127. The molecule has 23 heavy (non-hydrogen) atoms. The number of piperidine rings is 1. The topological polar surface area (TPSA) is 52.8 Å². The third-order valence-corrected chi connectivity index (χ3v) is 4.06. The van der Waals surface area contributed by atoms with E-state index in [0.717, 1.165) is 42.7 Å². The van der Waals surface area contributed by atoms with Crippen LogP contribution < -0.4 is 10.6 Å². The smallest absolute Gasteiger partial charge is 0.191 e. The van der Waals surface area contributed by atoms with Crippen LogP contribution in [0.1, 0.15) is 43.3 Å². The molecule has 1 aliphatic rings. The summed E-state index contributed by atoms with van der Waals surface area (Å²) in [4.78, 5) is 7.19. The average molecular weight is 434 g/mol. The van der Waals surface area contributed by atoms with Crippen LogP contribution in [0, 0.1) is 13.8 Å². The minimum absolute atomic E-state index is 0. The molecule has 6 heteroatoms. The van der Waals surface area contributed by atoms with Gasteiger partial charge in [-0.05, 0) is 52.8 Å². The maximum absolute atomic E-state index is 5.55. The second-order valence-corrected chi connectivity index (χ2v) is 5.96. The van der Waals surface area contributed by atoms with E-state index < -0.39 is 0 Å². The first-order chi connectivity index (χ1) is 10.7. The van der Waals surface area contributed by atoms with Gasteiger partial charge in [0.1, 0.15) is 11.5 Å². The van der Waals surface area contributed by atoms with E-state index >= 15 is 0 Å². The first-order valence-corrected chi connectivity index (χ1v) is 8.49. The Balaban J connectivity index is 0.00000264. The summed E-state index contributed by atoms with van der Waals surface area (Å²) in [5, 5.41) is 6.74. The molecule has 0 aromatic carbocycles. The first-order valence-electron chi connectivity index (χ1n) is 8.49. The number of likely N-dealkylation sites (tertiary alicyclic amines) is 1. The van der Waals surface area contributed by atoms with Gasteiger partial charge in [-0.1, -0.05) is 6.42 Å². The highest BCUT2D eigenvalue weighted by molar-refractivity contribution is 14.0. The van der Waals surface area contributed by atoms with Gasteiger partial charge in [-0.2, -0.15) is 0 Å². The Bertz CT molecular complexity index is 481. The Kier molecular flexibility index (Phi) is 9.62. The van der Waals surface area contributed by atoms with Crippen molar-refractivity contribution in [2.45, 2.75) is 46.6 Å². The number of nitrogens with one attached hydrogen (secondary N) is 2. The summed E-state index contributed by atoms with van der Waals surface area (Å²) >= 11 is 0. The van der Waals surface area contributed by atoms with Crippen molar-refractivity contribution in [2.75, 3.05) is 32.7 Å². The Morgan fingerprint density at radius 2 is 1.96 bits per heavy atom. The molecule has 0 saturated carbocycles. The molecule has 1 aromatic heterocycles. The van der Waals surface area contributed by atoms with Crippen molar-refractivity contribution in [3.05, 3.63) is 23.2 Å². The van der Waals surface area contributed by atoms with Gasteiger partial charge in [-0.25, -0.2) is 4.99 Å². The van der Waals surface area contributed by atoms with Crippen LogP contribution in [0.4, 0.5) is 0 Å². The van der Waals surface area contributed by atoms with Crippen LogP contribution in [-0.4, -0.2) is 43.6 Å². The molecule has 2 heterocycles. The highest BCUT2D eigenvalue weighted by Crippen LogP contribution is 2.14. The van der Waals surface area contributed by atoms with Crippen molar-refractivity contribution < 1.29 is 4.42 Å². The van der Waals surface area contributed by atoms with Gasteiger partial charge in [0, 0.05) is 25.2 Å². The Morgan fingerprint density at radius 3 is 2.57 bits per heavy atom. The van der Waals surface area contributed by atoms with Gasteiger partial charge in [-0.3, -0.25) is 0 Å². The minimum Gasteiger partial charge on any atom is -0.466 e. The summed E-state index contributed by atoms with van der Waals surface area (Å²) in [6.07, 6.45) is 4.07. The van der Waals surface area contributed by atoms with Gasteiger partial charge in [0.05, 0.1) is 6.54 Å². The fourth-order valence-corrected chi connectivity index (χ4v) is 2.86. The van der Waals surface area contributed by atoms with Gasteiger partial charge in [-0.15, -0.1) is 24.0 Å². The zero-order chi connectivity index (χ0) is 15.8. The van der Waals surface area contributed by atoms with E-state index in [1.165, 1.54) is 32.4 Å². The van der Waals surface area contributed by atoms with Crippen LogP contribution in [0.3, 0.4) is 0 Å². The van der Waals surface area contributed by atoms with Crippen molar-refractivity contribution in [3.8, 4) is 0 Å². The largest absolute Gasteiger partial charge is 0.466 e. The van der Waals surface area contributed by atoms with E-state index in [4.69, 9.17) is 4.42 Å². The minimum atomic E-state index is 0. The van der Waals surface area contributed by atoms with Crippen molar-refractivity contribution in [1.82, 2.24) is 15.5 Å². The molecule has 1 fully saturated rings. The number of guanidine groups is 1. The third-order valence-electron chi connectivity index (χ3n) is 4.06. The van der Waals surface area contributed by atoms with Gasteiger partial charge >= 0.3 is 0 Å². The van der Waals surface area contributed by atoms with Crippen LogP contribution >= 0.6 is 24.0 Å². The third kappa shape index (κ3) is 7.12. The molecule has 1 aromatic rings. The van der Waals surface area contributed by atoms with E-state index in [0.29, 0.717) is 6.54 Å². The number of hydrogen-bond donors (Lipinski definition) is 2. The Morgan fingerprint density at radius 1 is 1.22 bits per heavy atom. The molecule has 0 bridgehead atoms. The molecular weight excluding hydrogens is 403 g/mol. The van der Waals surface area contributed by atoms with Crippen LogP contribution in [-0.2, 0) is 6.54 Å². The molecule has 2 N–H and O–H groups in total. The Labute approximate surface area is 157 Å². The fraction of sp³-hybridized carbons (Fsp3) is 0.706. The maximum atomic E-state index is 5.55. The molecule has 0 aliphatic carbocycles. The van der Waals surface area contributed by atoms with Crippen LogP contribution in [0.25, 0.3) is 0 Å².